The Morgan fingerprint density at radius 3 is 2.59 bits per heavy atom. The Labute approximate surface area is 158 Å². The highest BCUT2D eigenvalue weighted by Crippen LogP contribution is 2.23. The van der Waals surface area contributed by atoms with Gasteiger partial charge in [0.25, 0.3) is 5.91 Å². The minimum absolute atomic E-state index is 0.124. The minimum atomic E-state index is -1.08. The second-order valence-electron chi connectivity index (χ2n) is 6.47. The van der Waals surface area contributed by atoms with Crippen LogP contribution < -0.4 is 5.32 Å². The standard InChI is InChI=1S/C21H23NO5/c1-14-8-9-15(2)17(12-14)22-20(23)19(16-6-4-3-5-7-16)27-21(24)18-13-25-10-11-26-18/h3-9,12,18-19H,10-11,13H2,1-2H3,(H,22,23)/t18-,19-/m0/s1. The molecule has 1 saturated heterocycles. The smallest absolute Gasteiger partial charge is 0.338 e. The van der Waals surface area contributed by atoms with Crippen LogP contribution in [0.25, 0.3) is 0 Å². The molecule has 2 aromatic rings. The van der Waals surface area contributed by atoms with E-state index in [-0.39, 0.29) is 6.61 Å². The van der Waals surface area contributed by atoms with Crippen LogP contribution in [0.5, 0.6) is 0 Å². The monoisotopic (exact) mass is 369 g/mol. The van der Waals surface area contributed by atoms with E-state index in [1.807, 2.05) is 38.1 Å². The van der Waals surface area contributed by atoms with Gasteiger partial charge in [0.15, 0.2) is 6.10 Å². The molecule has 1 fully saturated rings. The van der Waals surface area contributed by atoms with E-state index in [0.717, 1.165) is 11.1 Å². The number of aryl methyl sites for hydroxylation is 2. The molecule has 0 unspecified atom stereocenters. The predicted molar refractivity (Wildman–Crippen MR) is 100 cm³/mol. The summed E-state index contributed by atoms with van der Waals surface area (Å²) in [6, 6.07) is 14.7. The van der Waals surface area contributed by atoms with Gasteiger partial charge in [-0.3, -0.25) is 4.79 Å². The van der Waals surface area contributed by atoms with Crippen LogP contribution in [0.1, 0.15) is 22.8 Å². The summed E-state index contributed by atoms with van der Waals surface area (Å²) in [6.45, 7) is 4.75. The van der Waals surface area contributed by atoms with E-state index in [0.29, 0.717) is 24.5 Å². The Hall–Kier alpha value is -2.70. The largest absolute Gasteiger partial charge is 0.445 e. The van der Waals surface area contributed by atoms with E-state index in [1.54, 1.807) is 24.3 Å². The first-order valence-corrected chi connectivity index (χ1v) is 8.87. The van der Waals surface area contributed by atoms with Crippen molar-refractivity contribution >= 4 is 17.6 Å². The van der Waals surface area contributed by atoms with Gasteiger partial charge in [-0.25, -0.2) is 4.79 Å². The molecule has 2 atom stereocenters. The maximum atomic E-state index is 12.9. The van der Waals surface area contributed by atoms with E-state index in [9.17, 15) is 9.59 Å². The van der Waals surface area contributed by atoms with Crippen LogP contribution in [-0.4, -0.2) is 37.8 Å². The van der Waals surface area contributed by atoms with Gasteiger partial charge in [0, 0.05) is 11.3 Å². The van der Waals surface area contributed by atoms with Crippen molar-refractivity contribution in [2.45, 2.75) is 26.1 Å². The fraction of sp³-hybridized carbons (Fsp3) is 0.333. The zero-order valence-electron chi connectivity index (χ0n) is 15.4. The van der Waals surface area contributed by atoms with Crippen LogP contribution in [0.4, 0.5) is 5.69 Å². The summed E-state index contributed by atoms with van der Waals surface area (Å²) in [4.78, 5) is 25.4. The molecule has 0 spiro atoms. The maximum absolute atomic E-state index is 12.9. The van der Waals surface area contributed by atoms with Gasteiger partial charge in [-0.2, -0.15) is 0 Å². The van der Waals surface area contributed by atoms with Crippen molar-refractivity contribution in [3.05, 3.63) is 65.2 Å². The van der Waals surface area contributed by atoms with E-state index in [4.69, 9.17) is 14.2 Å². The Bertz CT molecular complexity index is 799. The fourth-order valence-electron chi connectivity index (χ4n) is 2.79. The number of hydrogen-bond acceptors (Lipinski definition) is 5. The lowest BCUT2D eigenvalue weighted by atomic mass is 10.1. The van der Waals surface area contributed by atoms with Crippen molar-refractivity contribution < 1.29 is 23.8 Å². The molecule has 1 amide bonds. The Morgan fingerprint density at radius 2 is 1.89 bits per heavy atom. The minimum Gasteiger partial charge on any atom is -0.445 e. The van der Waals surface area contributed by atoms with Crippen molar-refractivity contribution in [1.29, 1.82) is 0 Å². The predicted octanol–water partition coefficient (Wildman–Crippen LogP) is 2.94. The molecule has 6 nitrogen and oxygen atoms in total. The van der Waals surface area contributed by atoms with E-state index in [2.05, 4.69) is 5.32 Å². The van der Waals surface area contributed by atoms with E-state index >= 15 is 0 Å². The maximum Gasteiger partial charge on any atom is 0.338 e. The molecule has 0 aliphatic carbocycles. The number of benzene rings is 2. The van der Waals surface area contributed by atoms with Crippen molar-refractivity contribution in [3.63, 3.8) is 0 Å². The summed E-state index contributed by atoms with van der Waals surface area (Å²) in [5, 5.41) is 2.87. The molecule has 142 valence electrons. The molecule has 0 saturated carbocycles. The van der Waals surface area contributed by atoms with Gasteiger partial charge in [-0.15, -0.1) is 0 Å². The van der Waals surface area contributed by atoms with Gasteiger partial charge in [0.2, 0.25) is 6.10 Å². The third kappa shape index (κ3) is 4.93. The molecule has 2 aromatic carbocycles. The lowest BCUT2D eigenvalue weighted by Crippen LogP contribution is -2.38. The number of carbonyl (C=O) groups excluding carboxylic acids is 2. The Kier molecular flexibility index (Phi) is 6.21. The number of carbonyl (C=O) groups is 2. The van der Waals surface area contributed by atoms with Gasteiger partial charge >= 0.3 is 5.97 Å². The first-order valence-electron chi connectivity index (χ1n) is 8.87. The SMILES string of the molecule is Cc1ccc(C)c(NC(=O)[C@@H](OC(=O)[C@@H]2COCCO2)c2ccccc2)c1. The second-order valence-corrected chi connectivity index (χ2v) is 6.47. The first kappa shape index (κ1) is 19.1. The molecular formula is C21H23NO5. The molecule has 6 heteroatoms. The molecule has 0 bridgehead atoms. The lowest BCUT2D eigenvalue weighted by molar-refractivity contribution is -0.177. The third-order valence-electron chi connectivity index (χ3n) is 4.30. The number of ether oxygens (including phenoxy) is 3. The molecule has 1 aliphatic rings. The van der Waals surface area contributed by atoms with Gasteiger partial charge in [0.1, 0.15) is 0 Å². The van der Waals surface area contributed by atoms with Crippen LogP contribution in [0, 0.1) is 13.8 Å². The lowest BCUT2D eigenvalue weighted by Gasteiger charge is -2.24. The van der Waals surface area contributed by atoms with Gasteiger partial charge in [0.05, 0.1) is 19.8 Å². The fourth-order valence-corrected chi connectivity index (χ4v) is 2.79. The highest BCUT2D eigenvalue weighted by atomic mass is 16.6. The normalized spacial score (nSPS) is 17.8. The van der Waals surface area contributed by atoms with E-state index < -0.39 is 24.1 Å². The second kappa shape index (κ2) is 8.79. The number of esters is 1. The quantitative estimate of drug-likeness (QED) is 0.821. The molecule has 3 rings (SSSR count). The van der Waals surface area contributed by atoms with Gasteiger partial charge in [-0.05, 0) is 31.0 Å². The summed E-state index contributed by atoms with van der Waals surface area (Å²) in [7, 11) is 0. The Balaban J connectivity index is 1.80. The van der Waals surface area contributed by atoms with Crippen LogP contribution in [0.2, 0.25) is 0 Å². The van der Waals surface area contributed by atoms with Crippen molar-refractivity contribution in [2.75, 3.05) is 25.1 Å². The summed E-state index contributed by atoms with van der Waals surface area (Å²) >= 11 is 0. The van der Waals surface area contributed by atoms with Crippen LogP contribution >= 0.6 is 0 Å². The van der Waals surface area contributed by atoms with Crippen molar-refractivity contribution in [1.82, 2.24) is 0 Å². The highest BCUT2D eigenvalue weighted by molar-refractivity contribution is 5.97. The summed E-state index contributed by atoms with van der Waals surface area (Å²) in [5.74, 6) is -1.03. The van der Waals surface area contributed by atoms with Gasteiger partial charge < -0.3 is 19.5 Å². The first-order chi connectivity index (χ1) is 13.0. The molecular weight excluding hydrogens is 346 g/mol. The molecule has 0 aromatic heterocycles. The third-order valence-corrected chi connectivity index (χ3v) is 4.30. The van der Waals surface area contributed by atoms with Crippen LogP contribution in [-0.2, 0) is 23.8 Å². The highest BCUT2D eigenvalue weighted by Gasteiger charge is 2.31. The number of anilines is 1. The van der Waals surface area contributed by atoms with Crippen molar-refractivity contribution in [2.24, 2.45) is 0 Å². The molecule has 1 N–H and O–H groups in total. The molecule has 1 aliphatic heterocycles. The Morgan fingerprint density at radius 1 is 1.11 bits per heavy atom. The zero-order valence-corrected chi connectivity index (χ0v) is 15.4. The number of amides is 1. The summed E-state index contributed by atoms with van der Waals surface area (Å²) in [5.41, 5.74) is 3.23. The number of hydrogen-bond donors (Lipinski definition) is 1. The molecule has 1 heterocycles. The van der Waals surface area contributed by atoms with Crippen LogP contribution in [0.3, 0.4) is 0 Å². The number of rotatable bonds is 5. The van der Waals surface area contributed by atoms with Gasteiger partial charge in [-0.1, -0.05) is 42.5 Å². The summed E-state index contributed by atoms with van der Waals surface area (Å²) < 4.78 is 16.2. The summed E-state index contributed by atoms with van der Waals surface area (Å²) in [6.07, 6.45) is -1.90. The van der Waals surface area contributed by atoms with Crippen LogP contribution in [0.15, 0.2) is 48.5 Å². The average Bonchev–Trinajstić information content (AvgIpc) is 2.70. The average molecular weight is 369 g/mol. The van der Waals surface area contributed by atoms with Crippen molar-refractivity contribution in [3.8, 4) is 0 Å². The number of nitrogens with one attached hydrogen (secondary N) is 1. The zero-order chi connectivity index (χ0) is 19.2. The van der Waals surface area contributed by atoms with E-state index in [1.165, 1.54) is 0 Å². The molecule has 27 heavy (non-hydrogen) atoms. The molecule has 0 radical (unpaired) electrons. The topological polar surface area (TPSA) is 73.9 Å².